The van der Waals surface area contributed by atoms with E-state index in [1.54, 1.807) is 0 Å². The first kappa shape index (κ1) is 18.4. The number of aryl methyl sites for hydroxylation is 1. The third kappa shape index (κ3) is 3.43. The van der Waals surface area contributed by atoms with E-state index in [1.165, 1.54) is 11.1 Å². The number of likely N-dealkylation sites (tertiary alicyclic amines) is 1. The summed E-state index contributed by atoms with van der Waals surface area (Å²) in [5.74, 6) is 0.604. The first-order valence-electron chi connectivity index (χ1n) is 10.3. The first-order chi connectivity index (χ1) is 14.7. The Kier molecular flexibility index (Phi) is 4.71. The summed E-state index contributed by atoms with van der Waals surface area (Å²) in [4.78, 5) is 19.4. The minimum atomic E-state index is -0.150. The zero-order valence-electron chi connectivity index (χ0n) is 16.8. The Labute approximate surface area is 175 Å². The molecule has 1 aliphatic rings. The Balaban J connectivity index is 1.42. The maximum atomic E-state index is 12.8. The van der Waals surface area contributed by atoms with Crippen LogP contribution < -0.4 is 5.32 Å². The summed E-state index contributed by atoms with van der Waals surface area (Å²) in [6, 6.07) is 23.6. The fourth-order valence-corrected chi connectivity index (χ4v) is 4.14. The van der Waals surface area contributed by atoms with Gasteiger partial charge in [0.15, 0.2) is 5.58 Å². The van der Waals surface area contributed by atoms with E-state index in [-0.39, 0.29) is 12.1 Å². The van der Waals surface area contributed by atoms with E-state index < -0.39 is 0 Å². The van der Waals surface area contributed by atoms with E-state index in [9.17, 15) is 4.79 Å². The van der Waals surface area contributed by atoms with E-state index in [0.29, 0.717) is 12.4 Å². The lowest BCUT2D eigenvalue weighted by atomic mass is 10.0. The molecule has 4 aromatic rings. The number of rotatable bonds is 3. The molecular weight excluding hydrogens is 374 g/mol. The first-order valence-corrected chi connectivity index (χ1v) is 10.3. The Morgan fingerprint density at radius 2 is 1.87 bits per heavy atom. The average molecular weight is 397 g/mol. The van der Waals surface area contributed by atoms with E-state index in [2.05, 4.69) is 36.5 Å². The lowest BCUT2D eigenvalue weighted by molar-refractivity contribution is 0.199. The quantitative estimate of drug-likeness (QED) is 0.449. The van der Waals surface area contributed by atoms with Crippen LogP contribution in [-0.4, -0.2) is 22.5 Å². The topological polar surface area (TPSA) is 58.4 Å². The van der Waals surface area contributed by atoms with Gasteiger partial charge in [-0.3, -0.25) is 0 Å². The number of para-hydroxylation sites is 1. The van der Waals surface area contributed by atoms with Crippen LogP contribution in [0.15, 0.2) is 77.2 Å². The van der Waals surface area contributed by atoms with Gasteiger partial charge in [-0.1, -0.05) is 48.5 Å². The van der Waals surface area contributed by atoms with Crippen LogP contribution in [0.25, 0.3) is 22.2 Å². The summed E-state index contributed by atoms with van der Waals surface area (Å²) in [5, 5.41) is 2.97. The number of aromatic nitrogens is 1. The number of nitrogens with zero attached hydrogens (tertiary/aromatic N) is 2. The van der Waals surface area contributed by atoms with Crippen molar-refractivity contribution in [1.82, 2.24) is 9.88 Å². The smallest absolute Gasteiger partial charge is 0.322 e. The third-order valence-electron chi connectivity index (χ3n) is 5.68. The Bertz CT molecular complexity index is 1200. The molecule has 2 amide bonds. The van der Waals surface area contributed by atoms with Crippen molar-refractivity contribution in [1.29, 1.82) is 0 Å². The number of carbonyl (C=O) groups excluding carboxylic acids is 1. The zero-order chi connectivity index (χ0) is 20.5. The zero-order valence-corrected chi connectivity index (χ0v) is 16.8. The van der Waals surface area contributed by atoms with Gasteiger partial charge in [-0.15, -0.1) is 0 Å². The summed E-state index contributed by atoms with van der Waals surface area (Å²) >= 11 is 0. The molecule has 1 fully saturated rings. The van der Waals surface area contributed by atoms with Crippen LogP contribution >= 0.6 is 0 Å². The molecule has 1 N–H and O–H groups in total. The maximum absolute atomic E-state index is 12.8. The number of hydrogen-bond donors (Lipinski definition) is 1. The number of anilines is 1. The number of fused-ring (bicyclic) bond motifs is 1. The number of hydrogen-bond acceptors (Lipinski definition) is 3. The number of amides is 2. The van der Waals surface area contributed by atoms with Crippen molar-refractivity contribution in [3.8, 4) is 11.1 Å². The maximum Gasteiger partial charge on any atom is 0.322 e. The second-order valence-corrected chi connectivity index (χ2v) is 7.70. The van der Waals surface area contributed by atoms with Crippen molar-refractivity contribution < 1.29 is 9.21 Å². The van der Waals surface area contributed by atoms with E-state index in [1.807, 2.05) is 53.4 Å². The van der Waals surface area contributed by atoms with Crippen LogP contribution in [0.1, 0.15) is 30.3 Å². The van der Waals surface area contributed by atoms with Crippen molar-refractivity contribution in [3.05, 3.63) is 84.3 Å². The molecule has 0 radical (unpaired) electrons. The molecule has 5 heteroatoms. The van der Waals surface area contributed by atoms with Crippen molar-refractivity contribution in [2.75, 3.05) is 11.9 Å². The highest BCUT2D eigenvalue weighted by Crippen LogP contribution is 2.35. The van der Waals surface area contributed by atoms with Crippen LogP contribution in [-0.2, 0) is 0 Å². The molecule has 0 aliphatic carbocycles. The number of urea groups is 1. The largest absolute Gasteiger partial charge is 0.438 e. The van der Waals surface area contributed by atoms with Crippen molar-refractivity contribution in [2.24, 2.45) is 0 Å². The third-order valence-corrected chi connectivity index (χ3v) is 5.68. The molecule has 150 valence electrons. The lowest BCUT2D eigenvalue weighted by Gasteiger charge is -2.22. The fourth-order valence-electron chi connectivity index (χ4n) is 4.14. The fraction of sp³-hybridized carbons (Fsp3) is 0.200. The van der Waals surface area contributed by atoms with Crippen molar-refractivity contribution >= 4 is 22.8 Å². The Morgan fingerprint density at radius 3 is 2.70 bits per heavy atom. The molecule has 30 heavy (non-hydrogen) atoms. The highest BCUT2D eigenvalue weighted by atomic mass is 16.4. The molecule has 1 aliphatic heterocycles. The molecule has 0 spiro atoms. The second-order valence-electron chi connectivity index (χ2n) is 7.70. The molecule has 5 nitrogen and oxygen atoms in total. The summed E-state index contributed by atoms with van der Waals surface area (Å²) in [5.41, 5.74) is 5.88. The molecule has 5 rings (SSSR count). The monoisotopic (exact) mass is 397 g/mol. The van der Waals surface area contributed by atoms with Crippen molar-refractivity contribution in [2.45, 2.75) is 25.8 Å². The van der Waals surface area contributed by atoms with Crippen LogP contribution in [0.3, 0.4) is 0 Å². The van der Waals surface area contributed by atoms with Crippen LogP contribution in [0.5, 0.6) is 0 Å². The van der Waals surface area contributed by atoms with Crippen LogP contribution in [0.2, 0.25) is 0 Å². The van der Waals surface area contributed by atoms with Gasteiger partial charge in [0.2, 0.25) is 5.89 Å². The van der Waals surface area contributed by atoms with Gasteiger partial charge in [0.25, 0.3) is 0 Å². The summed E-state index contributed by atoms with van der Waals surface area (Å²) in [6.07, 6.45) is 1.78. The van der Waals surface area contributed by atoms with E-state index in [0.717, 1.165) is 35.2 Å². The minimum absolute atomic E-state index is 0.119. The second kappa shape index (κ2) is 7.67. The Hall–Kier alpha value is -3.60. The van der Waals surface area contributed by atoms with Gasteiger partial charge < -0.3 is 14.6 Å². The molecule has 1 saturated heterocycles. The normalized spacial score (nSPS) is 16.2. The molecule has 2 heterocycles. The minimum Gasteiger partial charge on any atom is -0.438 e. The number of benzene rings is 3. The number of nitrogens with one attached hydrogen (secondary N) is 1. The standard InChI is InChI=1S/C25H23N3O2/c1-17-8-5-6-11-20(17)18-13-14-23-21(16-18)27-24(30-23)22-12-7-15-28(22)25(29)26-19-9-3-2-4-10-19/h2-6,8-11,13-14,16,22H,7,12,15H2,1H3,(H,26,29)/t22-/m1/s1. The van der Waals surface area contributed by atoms with Crippen LogP contribution in [0, 0.1) is 6.92 Å². The van der Waals surface area contributed by atoms with Gasteiger partial charge in [0.1, 0.15) is 11.6 Å². The summed E-state index contributed by atoms with van der Waals surface area (Å²) in [7, 11) is 0. The molecule has 1 aromatic heterocycles. The Morgan fingerprint density at radius 1 is 1.07 bits per heavy atom. The molecule has 0 saturated carbocycles. The predicted molar refractivity (Wildman–Crippen MR) is 118 cm³/mol. The van der Waals surface area contributed by atoms with E-state index in [4.69, 9.17) is 9.40 Å². The molecule has 3 aromatic carbocycles. The summed E-state index contributed by atoms with van der Waals surface area (Å²) in [6.45, 7) is 2.80. The van der Waals surface area contributed by atoms with Crippen molar-refractivity contribution in [3.63, 3.8) is 0 Å². The molecular formula is C25H23N3O2. The highest BCUT2D eigenvalue weighted by molar-refractivity contribution is 5.89. The van der Waals surface area contributed by atoms with Crippen LogP contribution in [0.4, 0.5) is 10.5 Å². The van der Waals surface area contributed by atoms with Gasteiger partial charge in [-0.05, 0) is 60.7 Å². The van der Waals surface area contributed by atoms with Gasteiger partial charge >= 0.3 is 6.03 Å². The van der Waals surface area contributed by atoms with Gasteiger partial charge in [-0.2, -0.15) is 0 Å². The summed E-state index contributed by atoms with van der Waals surface area (Å²) < 4.78 is 6.07. The van der Waals surface area contributed by atoms with Gasteiger partial charge in [0, 0.05) is 12.2 Å². The molecule has 0 unspecified atom stereocenters. The lowest BCUT2D eigenvalue weighted by Crippen LogP contribution is -2.34. The highest BCUT2D eigenvalue weighted by Gasteiger charge is 2.33. The number of carbonyl (C=O) groups is 1. The predicted octanol–water partition coefficient (Wildman–Crippen LogP) is 6.17. The number of oxazole rings is 1. The molecule has 0 bridgehead atoms. The average Bonchev–Trinajstić information content (AvgIpc) is 3.41. The SMILES string of the molecule is Cc1ccccc1-c1ccc2oc([C@H]3CCCN3C(=O)Nc3ccccc3)nc2c1. The van der Waals surface area contributed by atoms with E-state index >= 15 is 0 Å². The van der Waals surface area contributed by atoms with Gasteiger partial charge in [-0.25, -0.2) is 9.78 Å². The van der Waals surface area contributed by atoms with Gasteiger partial charge in [0.05, 0.1) is 0 Å². The molecule has 1 atom stereocenters.